The highest BCUT2D eigenvalue weighted by Gasteiger charge is 2.07. The van der Waals surface area contributed by atoms with Gasteiger partial charge >= 0.3 is 5.97 Å². The van der Waals surface area contributed by atoms with E-state index in [2.05, 4.69) is 25.1 Å². The summed E-state index contributed by atoms with van der Waals surface area (Å²) in [5.74, 6) is 0.0423. The molecule has 0 aliphatic carbocycles. The van der Waals surface area contributed by atoms with Crippen molar-refractivity contribution in [2.75, 3.05) is 13.4 Å². The van der Waals surface area contributed by atoms with Crippen LogP contribution in [0.4, 0.5) is 0 Å². The Morgan fingerprint density at radius 2 is 1.72 bits per heavy atom. The number of thioether (sulfide) groups is 1. The molecule has 0 saturated carbocycles. The molecule has 92 valence electrons. The summed E-state index contributed by atoms with van der Waals surface area (Å²) < 4.78 is 4.61. The molecule has 0 bridgehead atoms. The van der Waals surface area contributed by atoms with Crippen LogP contribution in [-0.4, -0.2) is 39.7 Å². The van der Waals surface area contributed by atoms with Gasteiger partial charge in [-0.25, -0.2) is 4.79 Å². The molecule has 0 aliphatic heterocycles. The molecule has 1 heterocycles. The van der Waals surface area contributed by atoms with Gasteiger partial charge < -0.3 is 4.74 Å². The minimum Gasteiger partial charge on any atom is -0.465 e. The number of hydrogen-bond donors (Lipinski definition) is 0. The van der Waals surface area contributed by atoms with Gasteiger partial charge in [-0.1, -0.05) is 23.9 Å². The fraction of sp³-hybridized carbons (Fsp3) is 0.182. The van der Waals surface area contributed by atoms with E-state index in [1.807, 2.05) is 6.26 Å². The predicted octanol–water partition coefficient (Wildman–Crippen LogP) is 1.44. The second-order valence-corrected chi connectivity index (χ2v) is 4.05. The van der Waals surface area contributed by atoms with E-state index in [0.717, 1.165) is 5.56 Å². The second kappa shape index (κ2) is 5.54. The topological polar surface area (TPSA) is 77.9 Å². The van der Waals surface area contributed by atoms with Crippen molar-refractivity contribution >= 4 is 17.7 Å². The maximum atomic E-state index is 11.3. The lowest BCUT2D eigenvalue weighted by Gasteiger charge is -2.01. The highest BCUT2D eigenvalue weighted by Crippen LogP contribution is 2.15. The van der Waals surface area contributed by atoms with Gasteiger partial charge in [0, 0.05) is 5.56 Å². The van der Waals surface area contributed by atoms with Crippen LogP contribution in [0.5, 0.6) is 0 Å². The third-order valence-electron chi connectivity index (χ3n) is 2.21. The average molecular weight is 262 g/mol. The van der Waals surface area contributed by atoms with Gasteiger partial charge in [0.15, 0.2) is 0 Å². The van der Waals surface area contributed by atoms with Gasteiger partial charge in [-0.05, 0) is 18.4 Å². The van der Waals surface area contributed by atoms with E-state index in [4.69, 9.17) is 0 Å². The third-order valence-corrected chi connectivity index (χ3v) is 2.74. The lowest BCUT2D eigenvalue weighted by molar-refractivity contribution is 0.0601. The molecule has 0 radical (unpaired) electrons. The molecule has 6 nitrogen and oxygen atoms in total. The van der Waals surface area contributed by atoms with E-state index in [-0.39, 0.29) is 5.97 Å². The largest absolute Gasteiger partial charge is 0.465 e. The van der Waals surface area contributed by atoms with Crippen LogP contribution in [0.1, 0.15) is 10.4 Å². The standard InChI is InChI=1S/C11H10N4O2S/c1-17-10(16)8-5-3-7(4-6-8)9-12-14-11(18-2)15-13-9/h3-6H,1-2H3. The number of carbonyl (C=O) groups is 1. The Morgan fingerprint density at radius 3 is 2.22 bits per heavy atom. The summed E-state index contributed by atoms with van der Waals surface area (Å²) >= 11 is 1.37. The van der Waals surface area contributed by atoms with Crippen LogP contribution in [0.15, 0.2) is 29.4 Å². The van der Waals surface area contributed by atoms with Crippen molar-refractivity contribution in [2.24, 2.45) is 0 Å². The number of carbonyl (C=O) groups excluding carboxylic acids is 1. The van der Waals surface area contributed by atoms with Crippen LogP contribution >= 0.6 is 11.8 Å². The lowest BCUT2D eigenvalue weighted by atomic mass is 10.1. The first-order valence-corrected chi connectivity index (χ1v) is 6.27. The number of hydrogen-bond acceptors (Lipinski definition) is 7. The van der Waals surface area contributed by atoms with Gasteiger partial charge in [-0.3, -0.25) is 0 Å². The van der Waals surface area contributed by atoms with Crippen molar-refractivity contribution in [3.63, 3.8) is 0 Å². The molecule has 0 unspecified atom stereocenters. The number of aromatic nitrogens is 4. The molecule has 0 atom stereocenters. The van der Waals surface area contributed by atoms with Crippen molar-refractivity contribution in [1.29, 1.82) is 0 Å². The number of rotatable bonds is 3. The quantitative estimate of drug-likeness (QED) is 0.611. The molecular weight excluding hydrogens is 252 g/mol. The Morgan fingerprint density at radius 1 is 1.11 bits per heavy atom. The molecule has 0 amide bonds. The fourth-order valence-corrected chi connectivity index (χ4v) is 1.54. The minimum absolute atomic E-state index is 0.378. The van der Waals surface area contributed by atoms with Crippen LogP contribution in [0, 0.1) is 0 Å². The molecule has 0 fully saturated rings. The molecule has 1 aromatic carbocycles. The molecular formula is C11H10N4O2S. The molecule has 18 heavy (non-hydrogen) atoms. The maximum Gasteiger partial charge on any atom is 0.337 e. The first-order chi connectivity index (χ1) is 8.74. The lowest BCUT2D eigenvalue weighted by Crippen LogP contribution is -2.01. The number of methoxy groups -OCH3 is 1. The van der Waals surface area contributed by atoms with Gasteiger partial charge in [0.2, 0.25) is 11.0 Å². The van der Waals surface area contributed by atoms with Gasteiger partial charge in [0.1, 0.15) is 0 Å². The Bertz CT molecular complexity index is 542. The van der Waals surface area contributed by atoms with Crippen LogP contribution < -0.4 is 0 Å². The molecule has 0 N–H and O–H groups in total. The Labute approximate surface area is 108 Å². The molecule has 2 aromatic rings. The van der Waals surface area contributed by atoms with Crippen molar-refractivity contribution < 1.29 is 9.53 Å². The Kier molecular flexibility index (Phi) is 3.83. The summed E-state index contributed by atoms with van der Waals surface area (Å²) in [5, 5.41) is 16.2. The van der Waals surface area contributed by atoms with Crippen LogP contribution in [0.25, 0.3) is 11.4 Å². The van der Waals surface area contributed by atoms with Crippen molar-refractivity contribution in [3.8, 4) is 11.4 Å². The van der Waals surface area contributed by atoms with Gasteiger partial charge in [-0.15, -0.1) is 20.4 Å². The Balaban J connectivity index is 2.25. The molecule has 0 saturated heterocycles. The van der Waals surface area contributed by atoms with Gasteiger partial charge in [0.25, 0.3) is 0 Å². The predicted molar refractivity (Wildman–Crippen MR) is 66.2 cm³/mol. The number of nitrogens with zero attached hydrogens (tertiary/aromatic N) is 4. The summed E-state index contributed by atoms with van der Waals surface area (Å²) in [7, 11) is 1.34. The number of ether oxygens (including phenoxy) is 1. The monoisotopic (exact) mass is 262 g/mol. The maximum absolute atomic E-state index is 11.3. The summed E-state index contributed by atoms with van der Waals surface area (Å²) in [4.78, 5) is 11.3. The van der Waals surface area contributed by atoms with Crippen LogP contribution in [0.2, 0.25) is 0 Å². The van der Waals surface area contributed by atoms with Gasteiger partial charge in [0.05, 0.1) is 12.7 Å². The second-order valence-electron chi connectivity index (χ2n) is 3.28. The molecule has 7 heteroatoms. The zero-order valence-corrected chi connectivity index (χ0v) is 10.6. The van der Waals surface area contributed by atoms with E-state index >= 15 is 0 Å². The summed E-state index contributed by atoms with van der Waals surface area (Å²) in [5.41, 5.74) is 1.22. The van der Waals surface area contributed by atoms with Crippen LogP contribution in [-0.2, 0) is 4.74 Å². The number of benzene rings is 1. The molecule has 2 rings (SSSR count). The van der Waals surface area contributed by atoms with Crippen molar-refractivity contribution in [2.45, 2.75) is 5.16 Å². The van der Waals surface area contributed by atoms with Gasteiger partial charge in [-0.2, -0.15) is 0 Å². The average Bonchev–Trinajstić information content (AvgIpc) is 2.47. The van der Waals surface area contributed by atoms with E-state index in [1.165, 1.54) is 18.9 Å². The zero-order valence-electron chi connectivity index (χ0n) is 9.82. The summed E-state index contributed by atoms with van der Waals surface area (Å²) in [6, 6.07) is 6.74. The number of esters is 1. The highest BCUT2D eigenvalue weighted by atomic mass is 32.2. The normalized spacial score (nSPS) is 10.1. The molecule has 1 aromatic heterocycles. The fourth-order valence-electron chi connectivity index (χ4n) is 1.29. The van der Waals surface area contributed by atoms with E-state index < -0.39 is 0 Å². The van der Waals surface area contributed by atoms with E-state index in [0.29, 0.717) is 16.5 Å². The molecule has 0 aliphatic rings. The van der Waals surface area contributed by atoms with Crippen molar-refractivity contribution in [1.82, 2.24) is 20.4 Å². The third kappa shape index (κ3) is 2.62. The highest BCUT2D eigenvalue weighted by molar-refractivity contribution is 7.98. The minimum atomic E-state index is -0.378. The smallest absolute Gasteiger partial charge is 0.337 e. The summed E-state index contributed by atoms with van der Waals surface area (Å²) in [6.07, 6.45) is 1.85. The Hall–Kier alpha value is -2.02. The SMILES string of the molecule is COC(=O)c1ccc(-c2nnc(SC)nn2)cc1. The van der Waals surface area contributed by atoms with E-state index in [9.17, 15) is 4.79 Å². The van der Waals surface area contributed by atoms with Crippen LogP contribution in [0.3, 0.4) is 0 Å². The summed E-state index contributed by atoms with van der Waals surface area (Å²) in [6.45, 7) is 0. The first kappa shape index (κ1) is 12.4. The molecule has 0 spiro atoms. The first-order valence-electron chi connectivity index (χ1n) is 5.04. The zero-order chi connectivity index (χ0) is 13.0. The van der Waals surface area contributed by atoms with E-state index in [1.54, 1.807) is 24.3 Å². The van der Waals surface area contributed by atoms with Crippen molar-refractivity contribution in [3.05, 3.63) is 29.8 Å².